The normalized spacial score (nSPS) is 10.4. The molecule has 1 heterocycles. The Bertz CT molecular complexity index is 523. The molecule has 2 nitrogen and oxygen atoms in total. The summed E-state index contributed by atoms with van der Waals surface area (Å²) in [6.07, 6.45) is 1.70. The van der Waals surface area contributed by atoms with Gasteiger partial charge in [0.1, 0.15) is 5.82 Å². The van der Waals surface area contributed by atoms with E-state index >= 15 is 0 Å². The zero-order valence-corrected chi connectivity index (χ0v) is 12.0. The largest absolute Gasteiger partial charge is 0.378 e. The maximum atomic E-state index is 13.1. The second-order valence-electron chi connectivity index (χ2n) is 3.94. The Morgan fingerprint density at radius 1 is 1.39 bits per heavy atom. The molecule has 0 aliphatic heterocycles. The Hall–Kier alpha value is -1.13. The third kappa shape index (κ3) is 3.21. The van der Waals surface area contributed by atoms with Gasteiger partial charge in [-0.1, -0.05) is 27.5 Å². The highest BCUT2D eigenvalue weighted by molar-refractivity contribution is 9.10. The van der Waals surface area contributed by atoms with Crippen LogP contribution in [0.15, 0.2) is 34.9 Å². The molecular weight excluding hydrogens is 319 g/mol. The molecule has 1 aromatic heterocycles. The monoisotopic (exact) mass is 328 g/mol. The Morgan fingerprint density at radius 2 is 2.17 bits per heavy atom. The summed E-state index contributed by atoms with van der Waals surface area (Å²) in [5, 5.41) is 3.56. The van der Waals surface area contributed by atoms with E-state index in [1.54, 1.807) is 12.3 Å². The lowest BCUT2D eigenvalue weighted by atomic mass is 10.2. The number of hydrogen-bond donors (Lipinski definition) is 1. The minimum atomic E-state index is -0.261. The van der Waals surface area contributed by atoms with Gasteiger partial charge in [-0.05, 0) is 42.3 Å². The third-order valence-corrected chi connectivity index (χ3v) is 3.53. The first-order valence-electron chi connectivity index (χ1n) is 5.36. The SMILES string of the molecule is Cc1cnc(Cl)c(NCc2cc(F)ccc2Br)c1. The molecule has 1 aromatic carbocycles. The van der Waals surface area contributed by atoms with E-state index in [9.17, 15) is 4.39 Å². The smallest absolute Gasteiger partial charge is 0.152 e. The van der Waals surface area contributed by atoms with Gasteiger partial charge in [0.2, 0.25) is 0 Å². The van der Waals surface area contributed by atoms with Crippen molar-refractivity contribution in [2.75, 3.05) is 5.32 Å². The van der Waals surface area contributed by atoms with E-state index < -0.39 is 0 Å². The number of pyridine rings is 1. The molecule has 2 aromatic rings. The minimum Gasteiger partial charge on any atom is -0.378 e. The van der Waals surface area contributed by atoms with E-state index in [0.29, 0.717) is 11.7 Å². The topological polar surface area (TPSA) is 24.9 Å². The van der Waals surface area contributed by atoms with Crippen LogP contribution in [0.2, 0.25) is 5.15 Å². The lowest BCUT2D eigenvalue weighted by molar-refractivity contribution is 0.625. The lowest BCUT2D eigenvalue weighted by Gasteiger charge is -2.10. The van der Waals surface area contributed by atoms with Crippen LogP contribution < -0.4 is 5.32 Å². The predicted molar refractivity (Wildman–Crippen MR) is 75.4 cm³/mol. The van der Waals surface area contributed by atoms with Crippen LogP contribution in [-0.4, -0.2) is 4.98 Å². The lowest BCUT2D eigenvalue weighted by Crippen LogP contribution is -2.02. The number of hydrogen-bond acceptors (Lipinski definition) is 2. The van der Waals surface area contributed by atoms with Gasteiger partial charge in [-0.25, -0.2) is 9.37 Å². The molecule has 0 aliphatic rings. The molecule has 0 saturated heterocycles. The fraction of sp³-hybridized carbons (Fsp3) is 0.154. The summed E-state index contributed by atoms with van der Waals surface area (Å²) in [5.74, 6) is -0.261. The summed E-state index contributed by atoms with van der Waals surface area (Å²) in [6, 6.07) is 6.48. The fourth-order valence-electron chi connectivity index (χ4n) is 1.55. The Kier molecular flexibility index (Phi) is 4.19. The van der Waals surface area contributed by atoms with Crippen LogP contribution in [0, 0.1) is 12.7 Å². The molecule has 0 amide bonds. The number of aryl methyl sites for hydroxylation is 1. The number of rotatable bonds is 3. The fourth-order valence-corrected chi connectivity index (χ4v) is 2.10. The van der Waals surface area contributed by atoms with Crippen LogP contribution in [-0.2, 0) is 6.54 Å². The van der Waals surface area contributed by atoms with Crippen molar-refractivity contribution in [1.82, 2.24) is 4.98 Å². The molecule has 0 radical (unpaired) electrons. The number of nitrogens with zero attached hydrogens (tertiary/aromatic N) is 1. The molecule has 5 heteroatoms. The van der Waals surface area contributed by atoms with Crippen LogP contribution in [0.5, 0.6) is 0 Å². The van der Waals surface area contributed by atoms with Gasteiger partial charge in [0.25, 0.3) is 0 Å². The van der Waals surface area contributed by atoms with Gasteiger partial charge >= 0.3 is 0 Å². The summed E-state index contributed by atoms with van der Waals surface area (Å²) in [5.41, 5.74) is 2.58. The highest BCUT2D eigenvalue weighted by atomic mass is 79.9. The van der Waals surface area contributed by atoms with Crippen LogP contribution in [0.3, 0.4) is 0 Å². The van der Waals surface area contributed by atoms with Crippen LogP contribution in [0.1, 0.15) is 11.1 Å². The molecule has 0 aliphatic carbocycles. The molecule has 0 saturated carbocycles. The molecule has 1 N–H and O–H groups in total. The zero-order chi connectivity index (χ0) is 13.1. The van der Waals surface area contributed by atoms with Crippen LogP contribution in [0.4, 0.5) is 10.1 Å². The number of halogens is 3. The maximum absolute atomic E-state index is 13.1. The minimum absolute atomic E-state index is 0.261. The summed E-state index contributed by atoms with van der Waals surface area (Å²) in [7, 11) is 0. The van der Waals surface area contributed by atoms with Gasteiger partial charge in [0, 0.05) is 17.2 Å². The molecule has 0 unspecified atom stereocenters. The molecule has 0 spiro atoms. The maximum Gasteiger partial charge on any atom is 0.152 e. The van der Waals surface area contributed by atoms with Crippen molar-refractivity contribution < 1.29 is 4.39 Å². The molecule has 2 rings (SSSR count). The average Bonchev–Trinajstić information content (AvgIpc) is 2.34. The van der Waals surface area contributed by atoms with E-state index in [0.717, 1.165) is 21.3 Å². The average molecular weight is 330 g/mol. The molecular formula is C13H11BrClFN2. The summed E-state index contributed by atoms with van der Waals surface area (Å²) < 4.78 is 14.0. The highest BCUT2D eigenvalue weighted by Gasteiger charge is 2.05. The Labute approximate surface area is 118 Å². The zero-order valence-electron chi connectivity index (χ0n) is 9.67. The van der Waals surface area contributed by atoms with Gasteiger partial charge in [-0.15, -0.1) is 0 Å². The van der Waals surface area contributed by atoms with Gasteiger partial charge < -0.3 is 5.32 Å². The number of anilines is 1. The number of nitrogens with one attached hydrogen (secondary N) is 1. The van der Waals surface area contributed by atoms with Crippen molar-refractivity contribution in [3.63, 3.8) is 0 Å². The van der Waals surface area contributed by atoms with Gasteiger partial charge in [0.05, 0.1) is 5.69 Å². The van der Waals surface area contributed by atoms with Crippen molar-refractivity contribution in [2.45, 2.75) is 13.5 Å². The predicted octanol–water partition coefficient (Wildman–Crippen LogP) is 4.56. The second kappa shape index (κ2) is 5.67. The quantitative estimate of drug-likeness (QED) is 0.835. The summed E-state index contributed by atoms with van der Waals surface area (Å²) >= 11 is 9.36. The standard InChI is InChI=1S/C13H11BrClFN2/c1-8-4-12(13(15)18-6-8)17-7-9-5-10(16)2-3-11(9)14/h2-6,17H,7H2,1H3. The molecule has 0 fully saturated rings. The Morgan fingerprint density at radius 3 is 2.94 bits per heavy atom. The van der Waals surface area contributed by atoms with Gasteiger partial charge in [0.15, 0.2) is 5.15 Å². The van der Waals surface area contributed by atoms with E-state index in [2.05, 4.69) is 26.2 Å². The van der Waals surface area contributed by atoms with E-state index in [-0.39, 0.29) is 5.82 Å². The van der Waals surface area contributed by atoms with Crippen molar-refractivity contribution in [2.24, 2.45) is 0 Å². The van der Waals surface area contributed by atoms with Crippen molar-refractivity contribution in [3.8, 4) is 0 Å². The first-order chi connectivity index (χ1) is 8.56. The highest BCUT2D eigenvalue weighted by Crippen LogP contribution is 2.23. The van der Waals surface area contributed by atoms with Crippen molar-refractivity contribution in [1.29, 1.82) is 0 Å². The van der Waals surface area contributed by atoms with Crippen LogP contribution in [0.25, 0.3) is 0 Å². The molecule has 0 atom stereocenters. The molecule has 94 valence electrons. The second-order valence-corrected chi connectivity index (χ2v) is 5.15. The van der Waals surface area contributed by atoms with E-state index in [1.165, 1.54) is 12.1 Å². The summed E-state index contributed by atoms with van der Waals surface area (Å²) in [4.78, 5) is 4.05. The third-order valence-electron chi connectivity index (χ3n) is 2.45. The number of aromatic nitrogens is 1. The molecule has 18 heavy (non-hydrogen) atoms. The first kappa shape index (κ1) is 13.3. The number of benzene rings is 1. The van der Waals surface area contributed by atoms with Crippen LogP contribution >= 0.6 is 27.5 Å². The van der Waals surface area contributed by atoms with Gasteiger partial charge in [-0.2, -0.15) is 0 Å². The van der Waals surface area contributed by atoms with E-state index in [1.807, 2.05) is 13.0 Å². The van der Waals surface area contributed by atoms with Crippen molar-refractivity contribution in [3.05, 3.63) is 57.0 Å². The van der Waals surface area contributed by atoms with Crippen molar-refractivity contribution >= 4 is 33.2 Å². The van der Waals surface area contributed by atoms with E-state index in [4.69, 9.17) is 11.6 Å². The first-order valence-corrected chi connectivity index (χ1v) is 6.53. The van der Waals surface area contributed by atoms with Gasteiger partial charge in [-0.3, -0.25) is 0 Å². The Balaban J connectivity index is 2.16. The molecule has 0 bridgehead atoms. The summed E-state index contributed by atoms with van der Waals surface area (Å²) in [6.45, 7) is 2.41.